The Kier molecular flexibility index (Phi) is 9.15. The predicted octanol–water partition coefficient (Wildman–Crippen LogP) is 9.68. The molecular weight excluding hydrogens is 702 g/mol. The third-order valence-corrected chi connectivity index (χ3v) is 10.3. The summed E-state index contributed by atoms with van der Waals surface area (Å²) in [5, 5.41) is 13.0. The normalized spacial score (nSPS) is 15.4. The lowest BCUT2D eigenvalue weighted by Gasteiger charge is -2.34. The lowest BCUT2D eigenvalue weighted by Crippen LogP contribution is -2.26. The van der Waals surface area contributed by atoms with Crippen LogP contribution in [0.4, 0.5) is 13.2 Å². The van der Waals surface area contributed by atoms with E-state index in [1.165, 1.54) is 12.3 Å². The molecule has 1 aliphatic rings. The number of carbonyl (C=O) groups excluding carboxylic acids is 2. The van der Waals surface area contributed by atoms with Crippen LogP contribution in [-0.4, -0.2) is 33.3 Å². The fraction of sp³-hybridized carbons (Fsp3) is 0.156. The van der Waals surface area contributed by atoms with E-state index in [4.69, 9.17) is 9.72 Å². The van der Waals surface area contributed by atoms with E-state index < -0.39 is 29.5 Å². The lowest BCUT2D eigenvalue weighted by molar-refractivity contribution is -0.137. The summed E-state index contributed by atoms with van der Waals surface area (Å²) in [6.07, 6.45) is 0.739. The summed E-state index contributed by atoms with van der Waals surface area (Å²) >= 11 is 0. The number of nitriles is 1. The zero-order valence-electron chi connectivity index (χ0n) is 29.5. The van der Waals surface area contributed by atoms with Gasteiger partial charge in [-0.1, -0.05) is 72.8 Å². The summed E-state index contributed by atoms with van der Waals surface area (Å²) in [5.74, 6) is -2.54. The van der Waals surface area contributed by atoms with E-state index in [1.54, 1.807) is 36.7 Å². The maximum absolute atomic E-state index is 14.3. The van der Waals surface area contributed by atoms with Crippen molar-refractivity contribution in [3.63, 3.8) is 0 Å². The highest BCUT2D eigenvalue weighted by Gasteiger charge is 2.39. The minimum absolute atomic E-state index is 0.00250. The van der Waals surface area contributed by atoms with Gasteiger partial charge in [0.2, 0.25) is 5.82 Å². The van der Waals surface area contributed by atoms with Crippen molar-refractivity contribution in [3.05, 3.63) is 172 Å². The molecule has 2 aromatic heterocycles. The monoisotopic (exact) mass is 732 g/mol. The first-order valence-electron chi connectivity index (χ1n) is 17.7. The predicted molar refractivity (Wildman–Crippen MR) is 201 cm³/mol. The fourth-order valence-corrected chi connectivity index (χ4v) is 7.84. The third-order valence-electron chi connectivity index (χ3n) is 10.3. The zero-order chi connectivity index (χ0) is 38.3. The topological polar surface area (TPSA) is 106 Å². The van der Waals surface area contributed by atoms with Crippen LogP contribution >= 0.6 is 0 Å². The Labute approximate surface area is 314 Å². The molecule has 0 spiro atoms. The molecule has 0 saturated carbocycles. The molecule has 0 aliphatic heterocycles. The molecule has 10 heteroatoms. The second-order valence-electron chi connectivity index (χ2n) is 13.6. The van der Waals surface area contributed by atoms with Gasteiger partial charge in [0.25, 0.3) is 0 Å². The lowest BCUT2D eigenvalue weighted by atomic mass is 9.68. The summed E-state index contributed by atoms with van der Waals surface area (Å²) < 4.78 is 47.6. The molecule has 0 saturated heterocycles. The largest absolute Gasteiger partial charge is 0.459 e. The summed E-state index contributed by atoms with van der Waals surface area (Å²) in [4.78, 5) is 40.7. The number of ether oxygens (including phenoxy) is 1. The molecule has 1 aliphatic carbocycles. The maximum atomic E-state index is 14.3. The number of rotatable bonds is 7. The molecule has 270 valence electrons. The van der Waals surface area contributed by atoms with Crippen molar-refractivity contribution in [2.24, 2.45) is 0 Å². The molecule has 5 aromatic carbocycles. The molecular formula is C45H31F3N4O3. The smallest absolute Gasteiger partial charge is 0.416 e. The molecule has 55 heavy (non-hydrogen) atoms. The number of ketones is 1. The Morgan fingerprint density at radius 3 is 2.44 bits per heavy atom. The van der Waals surface area contributed by atoms with Crippen molar-refractivity contribution in [1.29, 1.82) is 5.26 Å². The summed E-state index contributed by atoms with van der Waals surface area (Å²) in [6, 6.07) is 31.2. The van der Waals surface area contributed by atoms with Crippen LogP contribution in [0.25, 0.3) is 32.8 Å². The highest BCUT2D eigenvalue weighted by atomic mass is 19.4. The third kappa shape index (κ3) is 6.59. The number of aromatic nitrogens is 3. The van der Waals surface area contributed by atoms with Gasteiger partial charge in [0, 0.05) is 42.9 Å². The number of Topliss-reactive ketones (excluding diaryl/α,β-unsaturated/α-hetero) is 1. The number of nitrogens with zero attached hydrogens (tertiary/aromatic N) is 4. The van der Waals surface area contributed by atoms with Gasteiger partial charge in [0.05, 0.1) is 35.4 Å². The summed E-state index contributed by atoms with van der Waals surface area (Å²) in [6.45, 7) is 2.07. The number of aryl methyl sites for hydroxylation is 1. The summed E-state index contributed by atoms with van der Waals surface area (Å²) in [5.41, 5.74) is 4.91. The standard InChI is InChI=1S/C45H31F3N4O3/c1-26-32-9-2-3-10-33(32)34-15-16-35-40(30-7-4-8-31(22-30)45(46,47)48)38(53)23-36(29-13-11-27(24-49)12-14-29)41(35)42(34)39(26)37-17-20-51-43(52-37)44(54)55-21-18-28-6-5-19-50-25-28/h2-17,19-20,22,25,36,40H,18,21,23H2,1H3. The van der Waals surface area contributed by atoms with Crippen LogP contribution in [0.1, 0.15) is 73.4 Å². The minimum Gasteiger partial charge on any atom is -0.459 e. The van der Waals surface area contributed by atoms with Gasteiger partial charge in [-0.2, -0.15) is 18.4 Å². The second kappa shape index (κ2) is 14.3. The van der Waals surface area contributed by atoms with Gasteiger partial charge in [-0.25, -0.2) is 14.8 Å². The van der Waals surface area contributed by atoms with Crippen molar-refractivity contribution in [2.75, 3.05) is 6.61 Å². The highest BCUT2D eigenvalue weighted by molar-refractivity contribution is 6.18. The van der Waals surface area contributed by atoms with Crippen molar-refractivity contribution in [3.8, 4) is 17.3 Å². The molecule has 0 amide bonds. The number of hydrogen-bond acceptors (Lipinski definition) is 7. The second-order valence-corrected chi connectivity index (χ2v) is 13.6. The molecule has 8 rings (SSSR count). The first kappa shape index (κ1) is 35.3. The molecule has 0 bridgehead atoms. The Bertz CT molecular complexity index is 2670. The van der Waals surface area contributed by atoms with Gasteiger partial charge in [-0.05, 0) is 92.2 Å². The molecule has 2 heterocycles. The number of pyridine rings is 1. The van der Waals surface area contributed by atoms with E-state index >= 15 is 0 Å². The molecule has 0 radical (unpaired) electrons. The number of benzene rings is 5. The Morgan fingerprint density at radius 1 is 0.891 bits per heavy atom. The maximum Gasteiger partial charge on any atom is 0.416 e. The van der Waals surface area contributed by atoms with E-state index in [-0.39, 0.29) is 30.2 Å². The average molecular weight is 733 g/mol. The molecule has 7 nitrogen and oxygen atoms in total. The fourth-order valence-electron chi connectivity index (χ4n) is 7.84. The molecule has 2 atom stereocenters. The Balaban J connectivity index is 1.36. The van der Waals surface area contributed by atoms with Crippen molar-refractivity contribution < 1.29 is 27.5 Å². The first-order valence-corrected chi connectivity index (χ1v) is 17.7. The van der Waals surface area contributed by atoms with Crippen LogP contribution in [0.3, 0.4) is 0 Å². The Hall–Kier alpha value is -6.73. The van der Waals surface area contributed by atoms with Crippen LogP contribution in [0.2, 0.25) is 0 Å². The van der Waals surface area contributed by atoms with Crippen LogP contribution in [0.15, 0.2) is 122 Å². The van der Waals surface area contributed by atoms with Crippen molar-refractivity contribution >= 4 is 33.3 Å². The van der Waals surface area contributed by atoms with E-state index in [2.05, 4.69) is 16.0 Å². The van der Waals surface area contributed by atoms with E-state index in [1.807, 2.05) is 67.6 Å². The van der Waals surface area contributed by atoms with Gasteiger partial charge in [-0.3, -0.25) is 9.78 Å². The van der Waals surface area contributed by atoms with E-state index in [9.17, 15) is 28.0 Å². The van der Waals surface area contributed by atoms with E-state index in [0.717, 1.165) is 55.9 Å². The van der Waals surface area contributed by atoms with Crippen LogP contribution in [-0.2, 0) is 22.1 Å². The minimum atomic E-state index is -4.60. The SMILES string of the molecule is Cc1c(-c2ccnc(C(=O)OCCc3cccnc3)n2)c2c3c(ccc2c2ccccc12)C(c1cccc(C(F)(F)F)c1)C(=O)CC3c1ccc(C#N)cc1. The quantitative estimate of drug-likeness (QED) is 0.119. The van der Waals surface area contributed by atoms with Gasteiger partial charge in [0.15, 0.2) is 0 Å². The molecule has 2 unspecified atom stereocenters. The number of esters is 1. The first-order chi connectivity index (χ1) is 26.6. The number of hydrogen-bond donors (Lipinski definition) is 0. The number of carbonyl (C=O) groups is 2. The highest BCUT2D eigenvalue weighted by Crippen LogP contribution is 2.51. The van der Waals surface area contributed by atoms with Gasteiger partial charge >= 0.3 is 12.1 Å². The number of fused-ring (bicyclic) bond motifs is 5. The van der Waals surface area contributed by atoms with Crippen LogP contribution < -0.4 is 0 Å². The molecule has 0 N–H and O–H groups in total. The van der Waals surface area contributed by atoms with Crippen LogP contribution in [0.5, 0.6) is 0 Å². The van der Waals surface area contributed by atoms with Gasteiger partial charge in [0.1, 0.15) is 5.78 Å². The van der Waals surface area contributed by atoms with Crippen molar-refractivity contribution in [2.45, 2.75) is 37.8 Å². The zero-order valence-corrected chi connectivity index (χ0v) is 29.5. The van der Waals surface area contributed by atoms with Gasteiger partial charge < -0.3 is 4.74 Å². The van der Waals surface area contributed by atoms with E-state index in [0.29, 0.717) is 28.8 Å². The Morgan fingerprint density at radius 2 is 1.69 bits per heavy atom. The van der Waals surface area contributed by atoms with Crippen molar-refractivity contribution in [1.82, 2.24) is 15.0 Å². The number of halogens is 3. The number of alkyl halides is 3. The van der Waals surface area contributed by atoms with Crippen LogP contribution in [0, 0.1) is 18.3 Å². The van der Waals surface area contributed by atoms with Gasteiger partial charge in [-0.15, -0.1) is 0 Å². The molecule has 0 fully saturated rings. The average Bonchev–Trinajstić information content (AvgIpc) is 3.20. The summed E-state index contributed by atoms with van der Waals surface area (Å²) in [7, 11) is 0. The molecule has 7 aromatic rings.